The van der Waals surface area contributed by atoms with Gasteiger partial charge < -0.3 is 14.8 Å². The predicted octanol–water partition coefficient (Wildman–Crippen LogP) is 3.12. The summed E-state index contributed by atoms with van der Waals surface area (Å²) in [5.41, 5.74) is 3.71. The van der Waals surface area contributed by atoms with Crippen molar-refractivity contribution in [2.24, 2.45) is 0 Å². The largest absolute Gasteiger partial charge is 0.338 e. The molecule has 2 amide bonds. The molecule has 0 spiro atoms. The van der Waals surface area contributed by atoms with Crippen LogP contribution in [0, 0.1) is 20.8 Å². The summed E-state index contributed by atoms with van der Waals surface area (Å²) < 4.78 is 0. The molecule has 7 nitrogen and oxygen atoms in total. The lowest BCUT2D eigenvalue weighted by atomic mass is 9.89. The van der Waals surface area contributed by atoms with E-state index in [1.807, 2.05) is 43.0 Å². The molecule has 0 atom stereocenters. The molecular weight excluding hydrogens is 404 g/mol. The van der Waals surface area contributed by atoms with Crippen molar-refractivity contribution in [1.82, 2.24) is 19.8 Å². The van der Waals surface area contributed by atoms with Gasteiger partial charge in [0.05, 0.1) is 11.3 Å². The summed E-state index contributed by atoms with van der Waals surface area (Å²) in [6, 6.07) is 5.61. The van der Waals surface area contributed by atoms with E-state index in [2.05, 4.69) is 11.1 Å². The van der Waals surface area contributed by atoms with Crippen molar-refractivity contribution in [3.63, 3.8) is 0 Å². The van der Waals surface area contributed by atoms with Gasteiger partial charge in [-0.3, -0.25) is 19.4 Å². The van der Waals surface area contributed by atoms with E-state index in [0.29, 0.717) is 43.6 Å². The summed E-state index contributed by atoms with van der Waals surface area (Å²) in [6.45, 7) is 7.96. The van der Waals surface area contributed by atoms with E-state index in [1.54, 1.807) is 11.8 Å². The molecule has 1 fully saturated rings. The van der Waals surface area contributed by atoms with Gasteiger partial charge >= 0.3 is 0 Å². The average Bonchev–Trinajstić information content (AvgIpc) is 2.78. The molecule has 0 saturated carbocycles. The first-order valence-electron chi connectivity index (χ1n) is 11.3. The molecular formula is C25H30N4O3. The molecule has 0 unspecified atom stereocenters. The van der Waals surface area contributed by atoms with Crippen molar-refractivity contribution >= 4 is 11.8 Å². The number of aryl methyl sites for hydroxylation is 3. The molecule has 1 saturated heterocycles. The van der Waals surface area contributed by atoms with Crippen LogP contribution < -0.4 is 5.56 Å². The minimum absolute atomic E-state index is 0.0252. The summed E-state index contributed by atoms with van der Waals surface area (Å²) in [5.74, 6) is -0.0939. The number of carbonyl (C=O) groups excluding carboxylic acids is 2. The molecule has 4 rings (SSSR count). The van der Waals surface area contributed by atoms with Gasteiger partial charge in [0.1, 0.15) is 5.56 Å². The smallest absolute Gasteiger partial charge is 0.261 e. The monoisotopic (exact) mass is 434 g/mol. The fraction of sp³-hybridized carbons (Fsp3) is 0.440. The molecule has 2 aliphatic rings. The van der Waals surface area contributed by atoms with Crippen molar-refractivity contribution in [3.8, 4) is 0 Å². The lowest BCUT2D eigenvalue weighted by Gasteiger charge is -2.33. The van der Waals surface area contributed by atoms with Crippen molar-refractivity contribution in [2.45, 2.75) is 46.0 Å². The van der Waals surface area contributed by atoms with Gasteiger partial charge in [0.2, 0.25) is 0 Å². The Morgan fingerprint density at radius 3 is 2.41 bits per heavy atom. The molecule has 4 heterocycles. The van der Waals surface area contributed by atoms with E-state index in [1.165, 1.54) is 0 Å². The van der Waals surface area contributed by atoms with Crippen LogP contribution in [0.2, 0.25) is 0 Å². The van der Waals surface area contributed by atoms with E-state index in [-0.39, 0.29) is 28.9 Å². The van der Waals surface area contributed by atoms with Crippen LogP contribution in [-0.4, -0.2) is 57.8 Å². The van der Waals surface area contributed by atoms with Crippen LogP contribution in [-0.2, 0) is 0 Å². The van der Waals surface area contributed by atoms with Crippen molar-refractivity contribution in [1.29, 1.82) is 0 Å². The normalized spacial score (nSPS) is 17.0. The molecule has 2 aromatic heterocycles. The van der Waals surface area contributed by atoms with Crippen molar-refractivity contribution in [2.75, 3.05) is 26.2 Å². The van der Waals surface area contributed by atoms with E-state index >= 15 is 0 Å². The van der Waals surface area contributed by atoms with Crippen LogP contribution in [0.3, 0.4) is 0 Å². The number of aromatic nitrogens is 2. The van der Waals surface area contributed by atoms with Crippen molar-refractivity contribution in [3.05, 3.63) is 74.5 Å². The fourth-order valence-electron chi connectivity index (χ4n) is 4.70. The summed E-state index contributed by atoms with van der Waals surface area (Å²) in [6.07, 6.45) is 6.43. The summed E-state index contributed by atoms with van der Waals surface area (Å²) in [4.78, 5) is 49.7. The molecule has 2 aromatic rings. The number of hydrogen-bond acceptors (Lipinski definition) is 4. The minimum Gasteiger partial charge on any atom is -0.338 e. The molecule has 2 aliphatic heterocycles. The van der Waals surface area contributed by atoms with Gasteiger partial charge in [-0.1, -0.05) is 12.2 Å². The molecule has 7 heteroatoms. The summed E-state index contributed by atoms with van der Waals surface area (Å²) in [5, 5.41) is 0. The molecule has 32 heavy (non-hydrogen) atoms. The zero-order chi connectivity index (χ0) is 22.8. The maximum absolute atomic E-state index is 13.2. The number of likely N-dealkylation sites (tertiary alicyclic amines) is 1. The minimum atomic E-state index is -0.335. The Morgan fingerprint density at radius 1 is 1.00 bits per heavy atom. The van der Waals surface area contributed by atoms with Crippen LogP contribution in [0.25, 0.3) is 0 Å². The lowest BCUT2D eigenvalue weighted by Crippen LogP contribution is -2.41. The third kappa shape index (κ3) is 4.38. The van der Waals surface area contributed by atoms with Crippen LogP contribution >= 0.6 is 0 Å². The van der Waals surface area contributed by atoms with E-state index < -0.39 is 0 Å². The molecule has 0 aliphatic carbocycles. The zero-order valence-electron chi connectivity index (χ0n) is 19.0. The topological polar surface area (TPSA) is 86.4 Å². The Balaban J connectivity index is 1.52. The molecule has 1 N–H and O–H groups in total. The highest BCUT2D eigenvalue weighted by molar-refractivity contribution is 5.96. The second-order valence-electron chi connectivity index (χ2n) is 8.80. The Bertz CT molecular complexity index is 1130. The maximum atomic E-state index is 13.2. The number of nitrogens with zero attached hydrogens (tertiary/aromatic N) is 3. The average molecular weight is 435 g/mol. The summed E-state index contributed by atoms with van der Waals surface area (Å²) in [7, 11) is 0. The van der Waals surface area contributed by atoms with Crippen LogP contribution in [0.15, 0.2) is 35.1 Å². The van der Waals surface area contributed by atoms with E-state index in [9.17, 15) is 14.4 Å². The molecule has 0 bridgehead atoms. The number of carbonyl (C=O) groups is 2. The van der Waals surface area contributed by atoms with Crippen molar-refractivity contribution < 1.29 is 9.59 Å². The van der Waals surface area contributed by atoms with Gasteiger partial charge in [-0.05, 0) is 63.8 Å². The SMILES string of the molecule is Cc1ccc(C(=O)N2CC=CCC2)c(C2CCN(C(=O)c3c(C)cc(C)[nH]c3=O)CC2)n1. The van der Waals surface area contributed by atoms with Gasteiger partial charge in [-0.25, -0.2) is 0 Å². The van der Waals surface area contributed by atoms with Gasteiger partial charge in [0, 0.05) is 43.5 Å². The first kappa shape index (κ1) is 22.0. The number of aromatic amines is 1. The number of hydrogen-bond donors (Lipinski definition) is 1. The first-order valence-corrected chi connectivity index (χ1v) is 11.3. The van der Waals surface area contributed by atoms with E-state index in [4.69, 9.17) is 4.98 Å². The fourth-order valence-corrected chi connectivity index (χ4v) is 4.70. The highest BCUT2D eigenvalue weighted by atomic mass is 16.2. The van der Waals surface area contributed by atoms with Crippen LogP contribution in [0.5, 0.6) is 0 Å². The van der Waals surface area contributed by atoms with Gasteiger partial charge in [0.25, 0.3) is 17.4 Å². The van der Waals surface area contributed by atoms with Gasteiger partial charge in [0.15, 0.2) is 0 Å². The standard InChI is InChI=1S/C25H30N4O3/c1-16-15-18(3)27-23(30)21(16)25(32)29-13-9-19(10-14-29)22-20(8-7-17(2)26-22)24(31)28-11-5-4-6-12-28/h4-5,7-8,15,19H,6,9-14H2,1-3H3,(H,27,30). The second kappa shape index (κ2) is 9.10. The molecule has 0 aromatic carbocycles. The first-order chi connectivity index (χ1) is 15.3. The number of pyridine rings is 2. The highest BCUT2D eigenvalue weighted by Crippen LogP contribution is 2.31. The summed E-state index contributed by atoms with van der Waals surface area (Å²) >= 11 is 0. The van der Waals surface area contributed by atoms with E-state index in [0.717, 1.165) is 30.0 Å². The molecule has 0 radical (unpaired) electrons. The number of rotatable bonds is 3. The number of piperidine rings is 1. The number of nitrogens with one attached hydrogen (secondary N) is 1. The molecule has 168 valence electrons. The quantitative estimate of drug-likeness (QED) is 0.752. The Labute approximate surface area is 188 Å². The van der Waals surface area contributed by atoms with Gasteiger partial charge in [-0.2, -0.15) is 0 Å². The third-order valence-electron chi connectivity index (χ3n) is 6.39. The lowest BCUT2D eigenvalue weighted by molar-refractivity contribution is 0.0703. The number of amides is 2. The number of H-pyrrole nitrogens is 1. The predicted molar refractivity (Wildman–Crippen MR) is 123 cm³/mol. The Kier molecular flexibility index (Phi) is 6.26. The Morgan fingerprint density at radius 2 is 1.75 bits per heavy atom. The highest BCUT2D eigenvalue weighted by Gasteiger charge is 2.30. The van der Waals surface area contributed by atoms with Gasteiger partial charge in [-0.15, -0.1) is 0 Å². The zero-order valence-corrected chi connectivity index (χ0v) is 19.0. The third-order valence-corrected chi connectivity index (χ3v) is 6.39. The van der Waals surface area contributed by atoms with Crippen LogP contribution in [0.1, 0.15) is 68.5 Å². The second-order valence-corrected chi connectivity index (χ2v) is 8.80. The van der Waals surface area contributed by atoms with Crippen LogP contribution in [0.4, 0.5) is 0 Å². The Hall–Kier alpha value is -3.22. The maximum Gasteiger partial charge on any atom is 0.261 e.